The molecule has 0 saturated carbocycles. The first kappa shape index (κ1) is 6.99. The van der Waals surface area contributed by atoms with E-state index in [1.54, 1.807) is 11.2 Å². The van der Waals surface area contributed by atoms with Gasteiger partial charge in [-0.15, -0.1) is 0 Å². The Balaban J connectivity index is 2.50. The van der Waals surface area contributed by atoms with E-state index < -0.39 is 0 Å². The Morgan fingerprint density at radius 1 is 1.80 bits per heavy atom. The van der Waals surface area contributed by atoms with E-state index in [0.29, 0.717) is 0 Å². The molecule has 1 atom stereocenters. The molecule has 0 aromatic carbocycles. The fraction of sp³-hybridized carbons (Fsp3) is 0.429. The van der Waals surface area contributed by atoms with Crippen molar-refractivity contribution in [2.75, 3.05) is 6.54 Å². The third-order valence-electron chi connectivity index (χ3n) is 1.40. The van der Waals surface area contributed by atoms with Crippen LogP contribution in [-0.4, -0.2) is 30.1 Å². The van der Waals surface area contributed by atoms with Gasteiger partial charge in [0.1, 0.15) is 6.29 Å². The van der Waals surface area contributed by atoms with Crippen molar-refractivity contribution in [3.63, 3.8) is 0 Å². The summed E-state index contributed by atoms with van der Waals surface area (Å²) in [5.41, 5.74) is 0. The molecule has 0 spiro atoms. The predicted octanol–water partition coefficient (Wildman–Crippen LogP) is 0.431. The van der Waals surface area contributed by atoms with Crippen LogP contribution in [0.3, 0.4) is 0 Å². The van der Waals surface area contributed by atoms with Gasteiger partial charge in [0.05, 0.1) is 12.6 Å². The molecule has 0 aliphatic carbocycles. The van der Waals surface area contributed by atoms with Crippen LogP contribution >= 0.6 is 0 Å². The van der Waals surface area contributed by atoms with E-state index in [4.69, 9.17) is 0 Å². The summed E-state index contributed by atoms with van der Waals surface area (Å²) in [6.45, 7) is 2.56. The van der Waals surface area contributed by atoms with Crippen molar-refractivity contribution in [3.05, 3.63) is 12.2 Å². The van der Waals surface area contributed by atoms with Crippen molar-refractivity contribution in [2.45, 2.75) is 13.0 Å². The van der Waals surface area contributed by atoms with Gasteiger partial charge in [0.15, 0.2) is 0 Å². The van der Waals surface area contributed by atoms with Crippen LogP contribution in [0.5, 0.6) is 0 Å². The highest BCUT2D eigenvalue weighted by atomic mass is 16.1. The first-order valence-corrected chi connectivity index (χ1v) is 3.25. The summed E-state index contributed by atoms with van der Waals surface area (Å²) in [5.74, 6) is 0. The largest absolute Gasteiger partial charge is 0.301 e. The fourth-order valence-corrected chi connectivity index (χ4v) is 0.743. The number of rotatable bonds is 2. The first-order chi connectivity index (χ1) is 4.84. The third-order valence-corrected chi connectivity index (χ3v) is 1.40. The van der Waals surface area contributed by atoms with Crippen LogP contribution in [0.15, 0.2) is 17.3 Å². The lowest BCUT2D eigenvalue weighted by Gasteiger charge is -2.21. The van der Waals surface area contributed by atoms with Crippen LogP contribution in [0.4, 0.5) is 0 Å². The molecule has 0 saturated heterocycles. The molecule has 1 aliphatic heterocycles. The van der Waals surface area contributed by atoms with E-state index in [2.05, 4.69) is 5.10 Å². The van der Waals surface area contributed by atoms with Gasteiger partial charge in [-0.1, -0.05) is 6.08 Å². The smallest absolute Gasteiger partial charge is 0.143 e. The summed E-state index contributed by atoms with van der Waals surface area (Å²) in [6, 6.07) is -0.110. The maximum absolute atomic E-state index is 10.3. The van der Waals surface area contributed by atoms with Crippen LogP contribution in [0.1, 0.15) is 6.92 Å². The molecule has 0 amide bonds. The number of hydrogen-bond donors (Lipinski definition) is 0. The second-order valence-corrected chi connectivity index (χ2v) is 2.19. The molecule has 1 unspecified atom stereocenters. The first-order valence-electron chi connectivity index (χ1n) is 3.25. The zero-order chi connectivity index (χ0) is 7.40. The standard InChI is InChI=1S/C7H10N2O/c1-7(6-10)9-5-3-2-4-8-9/h2-4,6-7H,5H2,1H3. The predicted molar refractivity (Wildman–Crippen MR) is 39.9 cm³/mol. The molecule has 3 nitrogen and oxygen atoms in total. The van der Waals surface area contributed by atoms with Crippen LogP contribution in [-0.2, 0) is 4.79 Å². The molecule has 0 N–H and O–H groups in total. The van der Waals surface area contributed by atoms with E-state index in [1.165, 1.54) is 0 Å². The minimum absolute atomic E-state index is 0.110. The number of carbonyl (C=O) groups is 1. The average Bonchev–Trinajstić information content (AvgIpc) is 2.05. The third kappa shape index (κ3) is 1.43. The van der Waals surface area contributed by atoms with Crippen LogP contribution < -0.4 is 0 Å². The summed E-state index contributed by atoms with van der Waals surface area (Å²) in [5, 5.41) is 5.72. The van der Waals surface area contributed by atoms with Crippen molar-refractivity contribution < 1.29 is 4.79 Å². The van der Waals surface area contributed by atoms with E-state index in [1.807, 2.05) is 19.1 Å². The molecule has 1 rings (SSSR count). The SMILES string of the molecule is CC(C=O)N1CC=CC=N1. The second-order valence-electron chi connectivity index (χ2n) is 2.19. The topological polar surface area (TPSA) is 32.7 Å². The normalized spacial score (nSPS) is 19.1. The fourth-order valence-electron chi connectivity index (χ4n) is 0.743. The van der Waals surface area contributed by atoms with Crippen molar-refractivity contribution in [1.82, 2.24) is 5.01 Å². The van der Waals surface area contributed by atoms with E-state index in [-0.39, 0.29) is 6.04 Å². The minimum atomic E-state index is -0.110. The van der Waals surface area contributed by atoms with E-state index in [0.717, 1.165) is 12.8 Å². The Morgan fingerprint density at radius 3 is 3.10 bits per heavy atom. The van der Waals surface area contributed by atoms with Gasteiger partial charge < -0.3 is 4.79 Å². The Labute approximate surface area is 60.0 Å². The van der Waals surface area contributed by atoms with Gasteiger partial charge in [-0.3, -0.25) is 5.01 Å². The summed E-state index contributed by atoms with van der Waals surface area (Å²) in [4.78, 5) is 10.3. The Hall–Kier alpha value is -1.12. The zero-order valence-corrected chi connectivity index (χ0v) is 5.90. The lowest BCUT2D eigenvalue weighted by molar-refractivity contribution is -0.111. The average molecular weight is 138 g/mol. The van der Waals surface area contributed by atoms with Gasteiger partial charge in [-0.2, -0.15) is 5.10 Å². The Bertz CT molecular complexity index is 174. The molecule has 0 radical (unpaired) electrons. The van der Waals surface area contributed by atoms with Gasteiger partial charge in [-0.05, 0) is 13.0 Å². The summed E-state index contributed by atoms with van der Waals surface area (Å²) in [7, 11) is 0. The van der Waals surface area contributed by atoms with Crippen LogP contribution in [0.25, 0.3) is 0 Å². The summed E-state index contributed by atoms with van der Waals surface area (Å²) < 4.78 is 0. The van der Waals surface area contributed by atoms with Crippen molar-refractivity contribution >= 4 is 12.5 Å². The highest BCUT2D eigenvalue weighted by Crippen LogP contribution is 1.99. The van der Waals surface area contributed by atoms with Gasteiger partial charge in [0.25, 0.3) is 0 Å². The van der Waals surface area contributed by atoms with Gasteiger partial charge in [0.2, 0.25) is 0 Å². The molecular weight excluding hydrogens is 128 g/mol. The molecule has 0 bridgehead atoms. The van der Waals surface area contributed by atoms with Gasteiger partial charge in [-0.25, -0.2) is 0 Å². The highest BCUT2D eigenvalue weighted by Gasteiger charge is 2.08. The summed E-state index contributed by atoms with van der Waals surface area (Å²) >= 11 is 0. The van der Waals surface area contributed by atoms with E-state index in [9.17, 15) is 4.79 Å². The van der Waals surface area contributed by atoms with Crippen LogP contribution in [0, 0.1) is 0 Å². The second kappa shape index (κ2) is 3.15. The molecule has 1 aliphatic rings. The highest BCUT2D eigenvalue weighted by molar-refractivity contribution is 5.72. The van der Waals surface area contributed by atoms with Crippen molar-refractivity contribution in [2.24, 2.45) is 5.10 Å². The Morgan fingerprint density at radius 2 is 2.60 bits per heavy atom. The monoisotopic (exact) mass is 138 g/mol. The number of carbonyl (C=O) groups excluding carboxylic acids is 1. The number of nitrogens with zero attached hydrogens (tertiary/aromatic N) is 2. The molecule has 1 heterocycles. The van der Waals surface area contributed by atoms with Crippen molar-refractivity contribution in [1.29, 1.82) is 0 Å². The Kier molecular flexibility index (Phi) is 2.20. The zero-order valence-electron chi connectivity index (χ0n) is 5.90. The molecule has 10 heavy (non-hydrogen) atoms. The van der Waals surface area contributed by atoms with Gasteiger partial charge in [0, 0.05) is 6.21 Å². The number of hydrazone groups is 1. The summed E-state index contributed by atoms with van der Waals surface area (Å²) in [6.07, 6.45) is 6.40. The maximum Gasteiger partial charge on any atom is 0.143 e. The number of aldehydes is 1. The maximum atomic E-state index is 10.3. The van der Waals surface area contributed by atoms with Crippen LogP contribution in [0.2, 0.25) is 0 Å². The minimum Gasteiger partial charge on any atom is -0.301 e. The molecule has 3 heteroatoms. The lowest BCUT2D eigenvalue weighted by atomic mass is 10.3. The van der Waals surface area contributed by atoms with Crippen molar-refractivity contribution in [3.8, 4) is 0 Å². The van der Waals surface area contributed by atoms with Gasteiger partial charge >= 0.3 is 0 Å². The molecule has 0 aromatic rings. The van der Waals surface area contributed by atoms with E-state index >= 15 is 0 Å². The lowest BCUT2D eigenvalue weighted by Crippen LogP contribution is -2.30. The molecule has 0 aromatic heterocycles. The number of hydrogen-bond acceptors (Lipinski definition) is 3. The molecule has 54 valence electrons. The molecule has 0 fully saturated rings. The quantitative estimate of drug-likeness (QED) is 0.518. The molecular formula is C7H10N2O. The number of allylic oxidation sites excluding steroid dienone is 1.